The molecule has 1 atom stereocenters. The number of nitrogens with zero attached hydrogens (tertiary/aromatic N) is 1. The van der Waals surface area contributed by atoms with Crippen molar-refractivity contribution in [2.24, 2.45) is 0 Å². The minimum atomic E-state index is -0.448. The first kappa shape index (κ1) is 16.6. The van der Waals surface area contributed by atoms with Gasteiger partial charge in [-0.05, 0) is 30.3 Å². The normalized spacial score (nSPS) is 18.2. The van der Waals surface area contributed by atoms with E-state index in [9.17, 15) is 14.4 Å². The van der Waals surface area contributed by atoms with Crippen LogP contribution in [0.3, 0.4) is 0 Å². The van der Waals surface area contributed by atoms with E-state index in [1.807, 2.05) is 0 Å². The van der Waals surface area contributed by atoms with E-state index in [1.54, 1.807) is 42.5 Å². The molecule has 7 heteroatoms. The van der Waals surface area contributed by atoms with Gasteiger partial charge >= 0.3 is 0 Å². The first-order chi connectivity index (χ1) is 12.5. The Labute approximate surface area is 154 Å². The van der Waals surface area contributed by atoms with Crippen LogP contribution in [0.15, 0.2) is 42.5 Å². The molecule has 1 unspecified atom stereocenters. The van der Waals surface area contributed by atoms with Crippen molar-refractivity contribution in [1.29, 1.82) is 0 Å². The Morgan fingerprint density at radius 2 is 1.85 bits per heavy atom. The van der Waals surface area contributed by atoms with E-state index >= 15 is 0 Å². The van der Waals surface area contributed by atoms with Gasteiger partial charge in [-0.3, -0.25) is 19.3 Å². The zero-order chi connectivity index (χ0) is 18.3. The van der Waals surface area contributed by atoms with Crippen molar-refractivity contribution in [3.63, 3.8) is 0 Å². The summed E-state index contributed by atoms with van der Waals surface area (Å²) in [5, 5.41) is 3.42. The van der Waals surface area contributed by atoms with E-state index in [0.29, 0.717) is 34.9 Å². The standard InChI is InChI=1S/C19H15ClN2O4/c20-11-5-6-16-14(9-11)15(7-8-26-16)21-17(23)10-22-18(24)12-3-1-2-4-13(12)19(22)25/h1-6,9,15H,7-8,10H2,(H,21,23). The number of halogens is 1. The molecule has 0 bridgehead atoms. The Morgan fingerprint density at radius 3 is 2.54 bits per heavy atom. The van der Waals surface area contributed by atoms with E-state index in [0.717, 1.165) is 10.5 Å². The lowest BCUT2D eigenvalue weighted by Crippen LogP contribution is -2.42. The van der Waals surface area contributed by atoms with Crippen LogP contribution in [0, 0.1) is 0 Å². The molecule has 0 spiro atoms. The zero-order valence-electron chi connectivity index (χ0n) is 13.7. The molecule has 26 heavy (non-hydrogen) atoms. The summed E-state index contributed by atoms with van der Waals surface area (Å²) in [7, 11) is 0. The number of carbonyl (C=O) groups is 3. The predicted octanol–water partition coefficient (Wildman–Crippen LogP) is 2.58. The topological polar surface area (TPSA) is 75.7 Å². The van der Waals surface area contributed by atoms with Crippen molar-refractivity contribution in [3.8, 4) is 5.75 Å². The number of hydrogen-bond acceptors (Lipinski definition) is 4. The van der Waals surface area contributed by atoms with Crippen LogP contribution in [0.5, 0.6) is 5.75 Å². The minimum absolute atomic E-state index is 0.278. The van der Waals surface area contributed by atoms with Gasteiger partial charge in [-0.2, -0.15) is 0 Å². The Bertz CT molecular complexity index is 893. The molecule has 2 aliphatic rings. The second-order valence-corrected chi connectivity index (χ2v) is 6.62. The first-order valence-corrected chi connectivity index (χ1v) is 8.59. The van der Waals surface area contributed by atoms with Gasteiger partial charge in [-0.15, -0.1) is 0 Å². The van der Waals surface area contributed by atoms with Crippen LogP contribution in [0.2, 0.25) is 5.02 Å². The third-order valence-corrected chi connectivity index (χ3v) is 4.76. The monoisotopic (exact) mass is 370 g/mol. The predicted molar refractivity (Wildman–Crippen MR) is 94.3 cm³/mol. The average molecular weight is 371 g/mol. The molecule has 3 amide bonds. The fraction of sp³-hybridized carbons (Fsp3) is 0.211. The molecular weight excluding hydrogens is 356 g/mol. The molecule has 4 rings (SSSR count). The molecule has 6 nitrogen and oxygen atoms in total. The molecule has 132 valence electrons. The highest BCUT2D eigenvalue weighted by Gasteiger charge is 2.36. The first-order valence-electron chi connectivity index (χ1n) is 8.21. The van der Waals surface area contributed by atoms with Crippen LogP contribution in [-0.2, 0) is 4.79 Å². The number of benzene rings is 2. The van der Waals surface area contributed by atoms with Gasteiger partial charge in [0.25, 0.3) is 11.8 Å². The summed E-state index contributed by atoms with van der Waals surface area (Å²) in [6.45, 7) is 0.145. The summed E-state index contributed by atoms with van der Waals surface area (Å²) < 4.78 is 5.57. The maximum atomic E-state index is 12.5. The van der Waals surface area contributed by atoms with Gasteiger partial charge in [-0.25, -0.2) is 0 Å². The molecule has 0 radical (unpaired) electrons. The van der Waals surface area contributed by atoms with Crippen molar-refractivity contribution in [2.45, 2.75) is 12.5 Å². The highest BCUT2D eigenvalue weighted by Crippen LogP contribution is 2.34. The summed E-state index contributed by atoms with van der Waals surface area (Å²) in [5.74, 6) is -0.628. The Kier molecular flexibility index (Phi) is 4.12. The van der Waals surface area contributed by atoms with E-state index in [4.69, 9.17) is 16.3 Å². The lowest BCUT2D eigenvalue weighted by molar-refractivity contribution is -0.122. The summed E-state index contributed by atoms with van der Waals surface area (Å²) in [6, 6.07) is 11.5. The van der Waals surface area contributed by atoms with Gasteiger partial charge in [0, 0.05) is 17.0 Å². The zero-order valence-corrected chi connectivity index (χ0v) is 14.5. The largest absolute Gasteiger partial charge is 0.493 e. The molecule has 2 heterocycles. The van der Waals surface area contributed by atoms with Crippen molar-refractivity contribution in [2.75, 3.05) is 13.2 Å². The second-order valence-electron chi connectivity index (χ2n) is 6.18. The summed E-state index contributed by atoms with van der Waals surface area (Å²) in [6.07, 6.45) is 0.585. The van der Waals surface area contributed by atoms with Crippen LogP contribution >= 0.6 is 11.6 Å². The SMILES string of the molecule is O=C(CN1C(=O)c2ccccc2C1=O)NC1CCOc2ccc(Cl)cc21. The van der Waals surface area contributed by atoms with Crippen molar-refractivity contribution in [3.05, 3.63) is 64.2 Å². The Hall–Kier alpha value is -2.86. The van der Waals surface area contributed by atoms with E-state index < -0.39 is 17.7 Å². The minimum Gasteiger partial charge on any atom is -0.493 e. The van der Waals surface area contributed by atoms with Crippen LogP contribution in [0.25, 0.3) is 0 Å². The van der Waals surface area contributed by atoms with Crippen LogP contribution < -0.4 is 10.1 Å². The number of rotatable bonds is 3. The molecule has 2 aromatic carbocycles. The molecule has 0 aliphatic carbocycles. The number of amides is 3. The second kappa shape index (κ2) is 6.46. The summed E-state index contributed by atoms with van der Waals surface area (Å²) in [4.78, 5) is 38.2. The molecule has 0 aromatic heterocycles. The fourth-order valence-corrected chi connectivity index (χ4v) is 3.46. The fourth-order valence-electron chi connectivity index (χ4n) is 3.28. The van der Waals surface area contributed by atoms with E-state index in [2.05, 4.69) is 5.32 Å². The molecule has 2 aliphatic heterocycles. The highest BCUT2D eigenvalue weighted by molar-refractivity contribution is 6.30. The number of carbonyl (C=O) groups excluding carboxylic acids is 3. The Balaban J connectivity index is 1.49. The van der Waals surface area contributed by atoms with Crippen molar-refractivity contribution < 1.29 is 19.1 Å². The molecule has 1 N–H and O–H groups in total. The van der Waals surface area contributed by atoms with E-state index in [1.165, 1.54) is 0 Å². The van der Waals surface area contributed by atoms with Crippen LogP contribution in [0.4, 0.5) is 0 Å². The van der Waals surface area contributed by atoms with Gasteiger partial charge < -0.3 is 10.1 Å². The number of hydrogen-bond donors (Lipinski definition) is 1. The van der Waals surface area contributed by atoms with Gasteiger partial charge in [-0.1, -0.05) is 23.7 Å². The molecule has 0 saturated heterocycles. The van der Waals surface area contributed by atoms with Crippen LogP contribution in [-0.4, -0.2) is 35.8 Å². The third-order valence-electron chi connectivity index (χ3n) is 4.53. The molecule has 0 fully saturated rings. The molecule has 2 aromatic rings. The molecular formula is C19H15ClN2O4. The van der Waals surface area contributed by atoms with Crippen molar-refractivity contribution in [1.82, 2.24) is 10.2 Å². The smallest absolute Gasteiger partial charge is 0.262 e. The summed E-state index contributed by atoms with van der Waals surface area (Å²) >= 11 is 6.04. The Morgan fingerprint density at radius 1 is 1.15 bits per heavy atom. The molecule has 0 saturated carbocycles. The number of imide groups is 1. The van der Waals surface area contributed by atoms with E-state index in [-0.39, 0.29) is 12.6 Å². The van der Waals surface area contributed by atoms with Gasteiger partial charge in [0.05, 0.1) is 23.8 Å². The maximum Gasteiger partial charge on any atom is 0.262 e. The van der Waals surface area contributed by atoms with Gasteiger partial charge in [0.1, 0.15) is 12.3 Å². The van der Waals surface area contributed by atoms with Crippen molar-refractivity contribution >= 4 is 29.3 Å². The third kappa shape index (κ3) is 2.82. The highest BCUT2D eigenvalue weighted by atomic mass is 35.5. The number of fused-ring (bicyclic) bond motifs is 2. The van der Waals surface area contributed by atoms with Crippen LogP contribution in [0.1, 0.15) is 38.7 Å². The number of ether oxygens (including phenoxy) is 1. The maximum absolute atomic E-state index is 12.5. The van der Waals surface area contributed by atoms with Gasteiger partial charge in [0.2, 0.25) is 5.91 Å². The van der Waals surface area contributed by atoms with Gasteiger partial charge in [0.15, 0.2) is 0 Å². The lowest BCUT2D eigenvalue weighted by atomic mass is 10.0. The summed E-state index contributed by atoms with van der Waals surface area (Å²) in [5.41, 5.74) is 1.45. The average Bonchev–Trinajstić information content (AvgIpc) is 2.87. The quantitative estimate of drug-likeness (QED) is 0.842. The number of nitrogens with one attached hydrogen (secondary N) is 1. The lowest BCUT2D eigenvalue weighted by Gasteiger charge is -2.27.